The second-order valence-corrected chi connectivity index (χ2v) is 7.87. The highest BCUT2D eigenvalue weighted by Crippen LogP contribution is 2.32. The Morgan fingerprint density at radius 3 is 2.39 bits per heavy atom. The van der Waals surface area contributed by atoms with Crippen LogP contribution in [0.2, 0.25) is 0 Å². The van der Waals surface area contributed by atoms with E-state index >= 15 is 0 Å². The maximum Gasteiger partial charge on any atom is 0.257 e. The Morgan fingerprint density at radius 1 is 1.14 bits per heavy atom. The van der Waals surface area contributed by atoms with Crippen LogP contribution in [0, 0.1) is 5.92 Å². The highest BCUT2D eigenvalue weighted by Gasteiger charge is 2.38. The van der Waals surface area contributed by atoms with Gasteiger partial charge in [0.2, 0.25) is 5.91 Å². The summed E-state index contributed by atoms with van der Waals surface area (Å²) in [5.74, 6) is 1.29. The first kappa shape index (κ1) is 20.6. The molecule has 0 N–H and O–H groups in total. The van der Waals surface area contributed by atoms with Crippen molar-refractivity contribution in [2.75, 3.05) is 46.9 Å². The zero-order chi connectivity index (χ0) is 20.1. The number of rotatable bonds is 6. The Labute approximate surface area is 168 Å². The normalized spacial score (nSPS) is 19.5. The predicted octanol–water partition coefficient (Wildman–Crippen LogP) is 2.49. The van der Waals surface area contributed by atoms with E-state index < -0.39 is 0 Å². The summed E-state index contributed by atoms with van der Waals surface area (Å²) >= 11 is 0. The van der Waals surface area contributed by atoms with Gasteiger partial charge in [-0.05, 0) is 37.8 Å². The molecule has 0 bridgehead atoms. The molecule has 1 aliphatic carbocycles. The molecule has 1 heterocycles. The first-order valence-corrected chi connectivity index (χ1v) is 10.5. The quantitative estimate of drug-likeness (QED) is 0.753. The molecule has 1 atom stereocenters. The van der Waals surface area contributed by atoms with E-state index in [-0.39, 0.29) is 17.9 Å². The van der Waals surface area contributed by atoms with Gasteiger partial charge in [0.25, 0.3) is 5.91 Å². The Bertz CT molecular complexity index is 679. The standard InChI is InChI=1S/C22H33N3O3/c1-4-23(2)22(27)20(17-9-5-6-10-17)24-13-15-25(16-14-24)21(26)18-11-7-8-12-19(18)28-3/h7-8,11-12,17,20H,4-6,9-10,13-16H2,1-3H3. The lowest BCUT2D eigenvalue weighted by atomic mass is 9.94. The third-order valence-electron chi connectivity index (χ3n) is 6.28. The van der Waals surface area contributed by atoms with Crippen molar-refractivity contribution < 1.29 is 14.3 Å². The second-order valence-electron chi connectivity index (χ2n) is 7.87. The zero-order valence-electron chi connectivity index (χ0n) is 17.4. The Kier molecular flexibility index (Phi) is 6.94. The lowest BCUT2D eigenvalue weighted by Gasteiger charge is -2.42. The summed E-state index contributed by atoms with van der Waals surface area (Å²) in [6.45, 7) is 5.52. The fourth-order valence-corrected chi connectivity index (χ4v) is 4.51. The number of benzene rings is 1. The fourth-order valence-electron chi connectivity index (χ4n) is 4.51. The van der Waals surface area contributed by atoms with Crippen LogP contribution in [0.1, 0.15) is 43.0 Å². The average molecular weight is 388 g/mol. The molecule has 1 saturated carbocycles. The third kappa shape index (κ3) is 4.32. The van der Waals surface area contributed by atoms with Crippen LogP contribution in [0.25, 0.3) is 0 Å². The van der Waals surface area contributed by atoms with Gasteiger partial charge in [-0.15, -0.1) is 0 Å². The molecule has 2 amide bonds. The summed E-state index contributed by atoms with van der Waals surface area (Å²) in [7, 11) is 3.48. The largest absolute Gasteiger partial charge is 0.496 e. The Morgan fingerprint density at radius 2 is 1.79 bits per heavy atom. The van der Waals surface area contributed by atoms with Crippen molar-refractivity contribution in [3.8, 4) is 5.75 Å². The minimum atomic E-state index is -0.0454. The van der Waals surface area contributed by atoms with Gasteiger partial charge in [0.1, 0.15) is 5.75 Å². The minimum absolute atomic E-state index is 0.00604. The Balaban J connectivity index is 1.68. The van der Waals surface area contributed by atoms with E-state index in [0.29, 0.717) is 30.3 Å². The van der Waals surface area contributed by atoms with E-state index in [1.54, 1.807) is 7.11 Å². The smallest absolute Gasteiger partial charge is 0.257 e. The van der Waals surface area contributed by atoms with Crippen LogP contribution in [-0.4, -0.2) is 79.4 Å². The van der Waals surface area contributed by atoms with Gasteiger partial charge in [0, 0.05) is 39.8 Å². The maximum absolute atomic E-state index is 13.1. The van der Waals surface area contributed by atoms with Crippen LogP contribution in [0.5, 0.6) is 5.75 Å². The van der Waals surface area contributed by atoms with E-state index in [0.717, 1.165) is 32.5 Å². The fraction of sp³-hybridized carbons (Fsp3) is 0.636. The molecule has 154 valence electrons. The van der Waals surface area contributed by atoms with Crippen molar-refractivity contribution >= 4 is 11.8 Å². The monoisotopic (exact) mass is 387 g/mol. The van der Waals surface area contributed by atoms with Gasteiger partial charge in [-0.3, -0.25) is 14.5 Å². The van der Waals surface area contributed by atoms with E-state index in [1.165, 1.54) is 12.8 Å². The van der Waals surface area contributed by atoms with Gasteiger partial charge >= 0.3 is 0 Å². The van der Waals surface area contributed by atoms with Gasteiger partial charge in [-0.2, -0.15) is 0 Å². The number of hydrogen-bond donors (Lipinski definition) is 0. The number of carbonyl (C=O) groups is 2. The van der Waals surface area contributed by atoms with Gasteiger partial charge in [-0.1, -0.05) is 25.0 Å². The molecular formula is C22H33N3O3. The summed E-state index contributed by atoms with van der Waals surface area (Å²) in [4.78, 5) is 32.1. The summed E-state index contributed by atoms with van der Waals surface area (Å²) in [6, 6.07) is 7.32. The number of methoxy groups -OCH3 is 1. The summed E-state index contributed by atoms with van der Waals surface area (Å²) in [5.41, 5.74) is 0.604. The lowest BCUT2D eigenvalue weighted by Crippen LogP contribution is -2.58. The molecule has 1 aliphatic heterocycles. The lowest BCUT2D eigenvalue weighted by molar-refractivity contribution is -0.138. The molecule has 6 heteroatoms. The number of piperazine rings is 1. The molecule has 1 aromatic rings. The number of amides is 2. The highest BCUT2D eigenvalue weighted by molar-refractivity contribution is 5.97. The van der Waals surface area contributed by atoms with E-state index in [1.807, 2.05) is 48.0 Å². The van der Waals surface area contributed by atoms with E-state index in [9.17, 15) is 9.59 Å². The molecule has 1 saturated heterocycles. The highest BCUT2D eigenvalue weighted by atomic mass is 16.5. The molecular weight excluding hydrogens is 354 g/mol. The molecule has 2 aliphatic rings. The number of hydrogen-bond acceptors (Lipinski definition) is 4. The SMILES string of the molecule is CCN(C)C(=O)C(C1CCCC1)N1CCN(C(=O)c2ccccc2OC)CC1. The van der Waals surface area contributed by atoms with Crippen molar-refractivity contribution in [1.29, 1.82) is 0 Å². The molecule has 3 rings (SSSR count). The van der Waals surface area contributed by atoms with E-state index in [4.69, 9.17) is 4.74 Å². The molecule has 0 aromatic heterocycles. The van der Waals surface area contributed by atoms with Crippen LogP contribution in [0.15, 0.2) is 24.3 Å². The van der Waals surface area contributed by atoms with Gasteiger partial charge < -0.3 is 14.5 Å². The van der Waals surface area contributed by atoms with Crippen molar-refractivity contribution in [2.45, 2.75) is 38.6 Å². The first-order valence-electron chi connectivity index (χ1n) is 10.5. The molecule has 1 unspecified atom stereocenters. The van der Waals surface area contributed by atoms with Crippen LogP contribution in [0.3, 0.4) is 0 Å². The molecule has 6 nitrogen and oxygen atoms in total. The van der Waals surface area contributed by atoms with Crippen molar-refractivity contribution in [2.24, 2.45) is 5.92 Å². The molecule has 0 radical (unpaired) electrons. The predicted molar refractivity (Wildman–Crippen MR) is 110 cm³/mol. The van der Waals surface area contributed by atoms with Gasteiger partial charge in [-0.25, -0.2) is 0 Å². The number of ether oxygens (including phenoxy) is 1. The number of nitrogens with zero attached hydrogens (tertiary/aromatic N) is 3. The second kappa shape index (κ2) is 9.41. The van der Waals surface area contributed by atoms with Gasteiger partial charge in [0.05, 0.1) is 18.7 Å². The van der Waals surface area contributed by atoms with Crippen molar-refractivity contribution in [3.05, 3.63) is 29.8 Å². The molecule has 1 aromatic carbocycles. The summed E-state index contributed by atoms with van der Waals surface area (Å²) < 4.78 is 5.35. The van der Waals surface area contributed by atoms with Crippen LogP contribution >= 0.6 is 0 Å². The maximum atomic E-state index is 13.1. The molecule has 0 spiro atoms. The van der Waals surface area contributed by atoms with Crippen molar-refractivity contribution in [3.63, 3.8) is 0 Å². The number of likely N-dealkylation sites (N-methyl/N-ethyl adjacent to an activating group) is 1. The molecule has 2 fully saturated rings. The summed E-state index contributed by atoms with van der Waals surface area (Å²) in [6.07, 6.45) is 4.70. The Hall–Kier alpha value is -2.08. The third-order valence-corrected chi connectivity index (χ3v) is 6.28. The van der Waals surface area contributed by atoms with Gasteiger partial charge in [0.15, 0.2) is 0 Å². The van der Waals surface area contributed by atoms with Crippen LogP contribution in [-0.2, 0) is 4.79 Å². The number of carbonyl (C=O) groups excluding carboxylic acids is 2. The molecule has 28 heavy (non-hydrogen) atoms. The minimum Gasteiger partial charge on any atom is -0.496 e. The van der Waals surface area contributed by atoms with Crippen LogP contribution < -0.4 is 4.74 Å². The first-order chi connectivity index (χ1) is 13.6. The number of para-hydroxylation sites is 1. The zero-order valence-corrected chi connectivity index (χ0v) is 17.4. The van der Waals surface area contributed by atoms with Crippen LogP contribution in [0.4, 0.5) is 0 Å². The summed E-state index contributed by atoms with van der Waals surface area (Å²) in [5, 5.41) is 0. The van der Waals surface area contributed by atoms with E-state index in [2.05, 4.69) is 4.90 Å². The average Bonchev–Trinajstić information content (AvgIpc) is 3.27. The topological polar surface area (TPSA) is 53.1 Å². The van der Waals surface area contributed by atoms with Crippen molar-refractivity contribution in [1.82, 2.24) is 14.7 Å².